The van der Waals surface area contributed by atoms with Crippen molar-refractivity contribution in [2.75, 3.05) is 6.54 Å². The fourth-order valence-corrected chi connectivity index (χ4v) is 5.24. The fourth-order valence-electron chi connectivity index (χ4n) is 5.24. The summed E-state index contributed by atoms with van der Waals surface area (Å²) in [6.07, 6.45) is 3.48. The maximum atomic E-state index is 12.8. The molecular weight excluding hydrogens is 266 g/mol. The quantitative estimate of drug-likeness (QED) is 0.685. The molecule has 1 aliphatic carbocycles. The summed E-state index contributed by atoms with van der Waals surface area (Å²) in [5.74, 6) is 0.297. The van der Waals surface area contributed by atoms with Crippen LogP contribution < -0.4 is 0 Å². The molecule has 0 aromatic heterocycles. The largest absolute Gasteiger partial charge is 0.462 e. The van der Waals surface area contributed by atoms with E-state index in [1.54, 1.807) is 0 Å². The van der Waals surface area contributed by atoms with Crippen LogP contribution in [0.15, 0.2) is 24.3 Å². The Kier molecular flexibility index (Phi) is 2.06. The topological polar surface area (TPSA) is 46.6 Å². The normalized spacial score (nSPS) is 39.6. The Morgan fingerprint density at radius 1 is 1.24 bits per heavy atom. The van der Waals surface area contributed by atoms with Gasteiger partial charge in [0.25, 0.3) is 5.91 Å². The number of piperidine rings is 1. The van der Waals surface area contributed by atoms with Gasteiger partial charge < -0.3 is 9.64 Å². The van der Waals surface area contributed by atoms with E-state index in [4.69, 9.17) is 4.74 Å². The van der Waals surface area contributed by atoms with Gasteiger partial charge in [-0.2, -0.15) is 0 Å². The molecule has 1 spiro atoms. The zero-order valence-electron chi connectivity index (χ0n) is 11.7. The van der Waals surface area contributed by atoms with Crippen molar-refractivity contribution in [2.24, 2.45) is 5.41 Å². The van der Waals surface area contributed by atoms with E-state index in [0.717, 1.165) is 43.4 Å². The van der Waals surface area contributed by atoms with Gasteiger partial charge in [-0.3, -0.25) is 9.59 Å². The highest BCUT2D eigenvalue weighted by molar-refractivity contribution is 5.98. The summed E-state index contributed by atoms with van der Waals surface area (Å²) in [6.45, 7) is 0.772. The lowest BCUT2D eigenvalue weighted by molar-refractivity contribution is -0.151. The lowest BCUT2D eigenvalue weighted by atomic mass is 9.59. The molecule has 2 saturated heterocycles. The highest BCUT2D eigenvalue weighted by Gasteiger charge is 2.65. The second-order valence-corrected chi connectivity index (χ2v) is 6.86. The van der Waals surface area contributed by atoms with Crippen LogP contribution in [0.3, 0.4) is 0 Å². The van der Waals surface area contributed by atoms with Crippen LogP contribution in [0.1, 0.15) is 47.5 Å². The molecule has 0 N–H and O–H groups in total. The van der Waals surface area contributed by atoms with Crippen LogP contribution in [-0.2, 0) is 9.53 Å². The summed E-state index contributed by atoms with van der Waals surface area (Å²) < 4.78 is 5.63. The molecule has 2 bridgehead atoms. The van der Waals surface area contributed by atoms with E-state index in [9.17, 15) is 9.59 Å². The van der Waals surface area contributed by atoms with Gasteiger partial charge in [0.1, 0.15) is 6.10 Å². The highest BCUT2D eigenvalue weighted by Crippen LogP contribution is 2.58. The average molecular weight is 283 g/mol. The van der Waals surface area contributed by atoms with Crippen molar-refractivity contribution in [1.82, 2.24) is 4.90 Å². The maximum absolute atomic E-state index is 12.8. The Morgan fingerprint density at radius 3 is 3.00 bits per heavy atom. The summed E-state index contributed by atoms with van der Waals surface area (Å²) >= 11 is 0. The first kappa shape index (κ1) is 11.8. The molecule has 3 fully saturated rings. The molecule has 4 heteroatoms. The third-order valence-electron chi connectivity index (χ3n) is 5.95. The smallest absolute Gasteiger partial charge is 0.314 e. The van der Waals surface area contributed by atoms with E-state index in [0.29, 0.717) is 0 Å². The van der Waals surface area contributed by atoms with Gasteiger partial charge in [0.05, 0.1) is 11.5 Å². The van der Waals surface area contributed by atoms with Crippen molar-refractivity contribution in [1.29, 1.82) is 0 Å². The summed E-state index contributed by atoms with van der Waals surface area (Å²) in [6, 6.07) is 7.92. The first-order valence-electron chi connectivity index (χ1n) is 7.82. The van der Waals surface area contributed by atoms with Crippen LogP contribution in [0.2, 0.25) is 0 Å². The van der Waals surface area contributed by atoms with Gasteiger partial charge in [0, 0.05) is 24.4 Å². The van der Waals surface area contributed by atoms with Gasteiger partial charge in [-0.1, -0.05) is 18.2 Å². The summed E-state index contributed by atoms with van der Waals surface area (Å²) in [4.78, 5) is 27.3. The van der Waals surface area contributed by atoms with Crippen LogP contribution in [0.4, 0.5) is 0 Å². The Hall–Kier alpha value is -1.84. The van der Waals surface area contributed by atoms with Gasteiger partial charge in [-0.25, -0.2) is 0 Å². The van der Waals surface area contributed by atoms with Gasteiger partial charge >= 0.3 is 5.97 Å². The second-order valence-electron chi connectivity index (χ2n) is 6.86. The SMILES string of the molecule is O=C1c2ccccc2[C@H]2C[C@@H]3C[C@@]4(CCCN1[C@H]24)C(=O)O3. The summed E-state index contributed by atoms with van der Waals surface area (Å²) in [5, 5.41) is 0. The second kappa shape index (κ2) is 3.67. The minimum Gasteiger partial charge on any atom is -0.462 e. The Labute approximate surface area is 123 Å². The minimum absolute atomic E-state index is 0.0138. The van der Waals surface area contributed by atoms with Crippen molar-refractivity contribution in [3.63, 3.8) is 0 Å². The molecule has 4 atom stereocenters. The molecule has 0 radical (unpaired) electrons. The van der Waals surface area contributed by atoms with Crippen molar-refractivity contribution in [3.8, 4) is 0 Å². The van der Waals surface area contributed by atoms with E-state index >= 15 is 0 Å². The molecule has 1 aromatic carbocycles. The standard InChI is InChI=1S/C17H17NO3/c19-15-12-5-2-1-4-11(12)13-8-10-9-17(16(20)21-10)6-3-7-18(15)14(13)17/h1-2,4-5,10,13-14H,3,6-9H2/t10-,13-,14-,17-/m1/s1. The van der Waals surface area contributed by atoms with E-state index in [-0.39, 0.29) is 29.9 Å². The number of ether oxygens (including phenoxy) is 1. The molecule has 21 heavy (non-hydrogen) atoms. The zero-order valence-corrected chi connectivity index (χ0v) is 11.7. The third-order valence-corrected chi connectivity index (χ3v) is 5.95. The molecule has 4 aliphatic rings. The highest BCUT2D eigenvalue weighted by atomic mass is 16.6. The first-order chi connectivity index (χ1) is 10.2. The van der Waals surface area contributed by atoms with Gasteiger partial charge in [-0.15, -0.1) is 0 Å². The number of carbonyl (C=O) groups excluding carboxylic acids is 2. The van der Waals surface area contributed by atoms with Gasteiger partial charge in [-0.05, 0) is 30.9 Å². The molecule has 3 heterocycles. The molecule has 5 rings (SSSR count). The molecule has 1 amide bonds. The molecular formula is C17H17NO3. The Balaban J connectivity index is 1.75. The van der Waals surface area contributed by atoms with E-state index in [1.807, 2.05) is 23.1 Å². The van der Waals surface area contributed by atoms with Crippen LogP contribution >= 0.6 is 0 Å². The maximum Gasteiger partial charge on any atom is 0.314 e. The number of rotatable bonds is 0. The number of fused-ring (bicyclic) bond motifs is 3. The van der Waals surface area contributed by atoms with Gasteiger partial charge in [0.2, 0.25) is 0 Å². The lowest BCUT2D eigenvalue weighted by Gasteiger charge is -2.54. The number of hydrogen-bond donors (Lipinski definition) is 0. The average Bonchev–Trinajstić information content (AvgIpc) is 2.74. The van der Waals surface area contributed by atoms with Crippen LogP contribution in [-0.4, -0.2) is 35.5 Å². The number of hydrogen-bond acceptors (Lipinski definition) is 3. The molecule has 4 nitrogen and oxygen atoms in total. The molecule has 1 aromatic rings. The summed E-state index contributed by atoms with van der Waals surface area (Å²) in [7, 11) is 0. The monoisotopic (exact) mass is 283 g/mol. The Morgan fingerprint density at radius 2 is 2.10 bits per heavy atom. The van der Waals surface area contributed by atoms with Gasteiger partial charge in [0.15, 0.2) is 0 Å². The molecule has 3 aliphatic heterocycles. The molecule has 1 saturated carbocycles. The molecule has 0 unspecified atom stereocenters. The van der Waals surface area contributed by atoms with Crippen molar-refractivity contribution < 1.29 is 14.3 Å². The Bertz CT molecular complexity index is 670. The zero-order chi connectivity index (χ0) is 14.2. The lowest BCUT2D eigenvalue weighted by Crippen LogP contribution is -2.62. The predicted molar refractivity (Wildman–Crippen MR) is 74.8 cm³/mol. The molecule has 108 valence electrons. The summed E-state index contributed by atoms with van der Waals surface area (Å²) in [5.41, 5.74) is 1.51. The van der Waals surface area contributed by atoms with Crippen LogP contribution in [0, 0.1) is 5.41 Å². The number of benzene rings is 1. The predicted octanol–water partition coefficient (Wildman–Crippen LogP) is 2.09. The number of amides is 1. The van der Waals surface area contributed by atoms with Crippen molar-refractivity contribution >= 4 is 11.9 Å². The number of esters is 1. The van der Waals surface area contributed by atoms with E-state index in [1.165, 1.54) is 0 Å². The van der Waals surface area contributed by atoms with Crippen LogP contribution in [0.5, 0.6) is 0 Å². The third kappa shape index (κ3) is 1.27. The van der Waals surface area contributed by atoms with Crippen molar-refractivity contribution in [3.05, 3.63) is 35.4 Å². The minimum atomic E-state index is -0.435. The first-order valence-corrected chi connectivity index (χ1v) is 7.82. The fraction of sp³-hybridized carbons (Fsp3) is 0.529. The number of nitrogens with zero attached hydrogens (tertiary/aromatic N) is 1. The van der Waals surface area contributed by atoms with Crippen LogP contribution in [0.25, 0.3) is 0 Å². The number of carbonyl (C=O) groups is 2. The van der Waals surface area contributed by atoms with E-state index < -0.39 is 5.41 Å². The van der Waals surface area contributed by atoms with Crippen molar-refractivity contribution in [2.45, 2.75) is 43.7 Å². The van der Waals surface area contributed by atoms with E-state index in [2.05, 4.69) is 6.07 Å².